The lowest BCUT2D eigenvalue weighted by atomic mass is 10.0. The first-order valence-electron chi connectivity index (χ1n) is 8.02. The third kappa shape index (κ3) is 2.24. The monoisotopic (exact) mass is 326 g/mol. The van der Waals surface area contributed by atoms with Gasteiger partial charge in [0.25, 0.3) is 5.91 Å². The predicted molar refractivity (Wildman–Crippen MR) is 87.4 cm³/mol. The van der Waals surface area contributed by atoms with Gasteiger partial charge in [-0.15, -0.1) is 0 Å². The van der Waals surface area contributed by atoms with Gasteiger partial charge in [-0.3, -0.25) is 14.5 Å². The Morgan fingerprint density at radius 3 is 2.75 bits per heavy atom. The molecule has 1 aromatic carbocycles. The maximum atomic E-state index is 12.8. The van der Waals surface area contributed by atoms with Gasteiger partial charge in [0.15, 0.2) is 0 Å². The van der Waals surface area contributed by atoms with Crippen LogP contribution in [0.3, 0.4) is 0 Å². The molecule has 0 saturated carbocycles. The molecule has 0 aliphatic carbocycles. The molecule has 0 bridgehead atoms. The highest BCUT2D eigenvalue weighted by Crippen LogP contribution is 2.31. The number of amides is 4. The fourth-order valence-electron chi connectivity index (χ4n) is 3.51. The molecule has 7 heteroatoms. The van der Waals surface area contributed by atoms with Crippen molar-refractivity contribution in [2.24, 2.45) is 0 Å². The summed E-state index contributed by atoms with van der Waals surface area (Å²) in [6.45, 7) is 5.38. The standard InChI is InChI=1S/C17H18N4O3/c1-10-2-5-14(15(22)19-10)21-9-11-3-4-12(8-13(11)16(21)23)20-7-6-18-17(20)24/h3-4,8,14H,1-2,5-7,9H2,(H,18,24)(H,19,22). The van der Waals surface area contributed by atoms with Gasteiger partial charge in [-0.1, -0.05) is 12.6 Å². The highest BCUT2D eigenvalue weighted by molar-refractivity contribution is 6.03. The molecule has 2 fully saturated rings. The van der Waals surface area contributed by atoms with Crippen molar-refractivity contribution >= 4 is 23.5 Å². The Morgan fingerprint density at radius 1 is 1.21 bits per heavy atom. The van der Waals surface area contributed by atoms with Crippen LogP contribution in [-0.4, -0.2) is 41.9 Å². The van der Waals surface area contributed by atoms with Crippen LogP contribution >= 0.6 is 0 Å². The molecular weight excluding hydrogens is 308 g/mol. The SMILES string of the molecule is C=C1CCC(N2Cc3ccc(N4CCNC4=O)cc3C2=O)C(=O)N1. The van der Waals surface area contributed by atoms with Crippen LogP contribution in [0.5, 0.6) is 0 Å². The quantitative estimate of drug-likeness (QED) is 0.849. The third-order valence-corrected chi connectivity index (χ3v) is 4.79. The molecule has 24 heavy (non-hydrogen) atoms. The van der Waals surface area contributed by atoms with Gasteiger partial charge in [-0.25, -0.2) is 4.79 Å². The van der Waals surface area contributed by atoms with Crippen LogP contribution in [0.2, 0.25) is 0 Å². The second kappa shape index (κ2) is 5.36. The van der Waals surface area contributed by atoms with E-state index in [4.69, 9.17) is 0 Å². The molecule has 0 radical (unpaired) electrons. The van der Waals surface area contributed by atoms with E-state index >= 15 is 0 Å². The number of nitrogens with zero attached hydrogens (tertiary/aromatic N) is 2. The maximum absolute atomic E-state index is 12.8. The predicted octanol–water partition coefficient (Wildman–Crippen LogP) is 0.964. The molecule has 3 aliphatic rings. The van der Waals surface area contributed by atoms with Crippen molar-refractivity contribution < 1.29 is 14.4 Å². The zero-order chi connectivity index (χ0) is 16.8. The van der Waals surface area contributed by atoms with Crippen LogP contribution in [0.15, 0.2) is 30.5 Å². The highest BCUT2D eigenvalue weighted by Gasteiger charge is 2.38. The number of fused-ring (bicyclic) bond motifs is 1. The van der Waals surface area contributed by atoms with Crippen LogP contribution in [0.25, 0.3) is 0 Å². The second-order valence-electron chi connectivity index (χ2n) is 6.31. The molecule has 1 aromatic rings. The summed E-state index contributed by atoms with van der Waals surface area (Å²) in [4.78, 5) is 40.0. The number of hydrogen-bond acceptors (Lipinski definition) is 3. The minimum Gasteiger partial charge on any atom is -0.336 e. The summed E-state index contributed by atoms with van der Waals surface area (Å²) in [7, 11) is 0. The first kappa shape index (κ1) is 14.7. The molecule has 0 aromatic heterocycles. The van der Waals surface area contributed by atoms with Gasteiger partial charge in [-0.05, 0) is 30.5 Å². The molecule has 1 unspecified atom stereocenters. The molecule has 2 saturated heterocycles. The van der Waals surface area contributed by atoms with Crippen LogP contribution in [-0.2, 0) is 11.3 Å². The maximum Gasteiger partial charge on any atom is 0.321 e. The summed E-state index contributed by atoms with van der Waals surface area (Å²) in [5.74, 6) is -0.328. The Labute approximate surface area is 139 Å². The van der Waals surface area contributed by atoms with Crippen molar-refractivity contribution in [3.05, 3.63) is 41.6 Å². The summed E-state index contributed by atoms with van der Waals surface area (Å²) in [6.07, 6.45) is 1.27. The second-order valence-corrected chi connectivity index (χ2v) is 6.31. The van der Waals surface area contributed by atoms with Crippen molar-refractivity contribution in [1.82, 2.24) is 15.5 Å². The van der Waals surface area contributed by atoms with Gasteiger partial charge < -0.3 is 15.5 Å². The number of benzene rings is 1. The van der Waals surface area contributed by atoms with E-state index in [2.05, 4.69) is 17.2 Å². The number of urea groups is 1. The Hall–Kier alpha value is -2.83. The molecule has 4 rings (SSSR count). The number of piperidine rings is 1. The van der Waals surface area contributed by atoms with Gasteiger partial charge in [0.05, 0.1) is 0 Å². The van der Waals surface area contributed by atoms with E-state index in [0.29, 0.717) is 49.4 Å². The topological polar surface area (TPSA) is 81.8 Å². The van der Waals surface area contributed by atoms with Crippen molar-refractivity contribution in [3.63, 3.8) is 0 Å². The smallest absolute Gasteiger partial charge is 0.321 e. The zero-order valence-corrected chi connectivity index (χ0v) is 13.2. The van der Waals surface area contributed by atoms with Gasteiger partial charge in [0.1, 0.15) is 6.04 Å². The molecule has 3 aliphatic heterocycles. The Bertz CT molecular complexity index is 773. The van der Waals surface area contributed by atoms with E-state index in [1.165, 1.54) is 0 Å². The Morgan fingerprint density at radius 2 is 2.04 bits per heavy atom. The minimum absolute atomic E-state index is 0.151. The largest absolute Gasteiger partial charge is 0.336 e. The Balaban J connectivity index is 1.60. The lowest BCUT2D eigenvalue weighted by Gasteiger charge is -2.30. The van der Waals surface area contributed by atoms with Crippen molar-refractivity contribution in [2.75, 3.05) is 18.0 Å². The first-order valence-corrected chi connectivity index (χ1v) is 8.02. The van der Waals surface area contributed by atoms with E-state index in [1.54, 1.807) is 15.9 Å². The zero-order valence-electron chi connectivity index (χ0n) is 13.2. The molecule has 0 spiro atoms. The average molecular weight is 326 g/mol. The average Bonchev–Trinajstić information content (AvgIpc) is 3.11. The summed E-state index contributed by atoms with van der Waals surface area (Å²) < 4.78 is 0. The molecule has 3 heterocycles. The number of hydrogen-bond donors (Lipinski definition) is 2. The van der Waals surface area contributed by atoms with E-state index in [1.807, 2.05) is 12.1 Å². The summed E-state index contributed by atoms with van der Waals surface area (Å²) in [5.41, 5.74) is 2.87. The van der Waals surface area contributed by atoms with Gasteiger partial charge >= 0.3 is 6.03 Å². The molecule has 4 amide bonds. The summed E-state index contributed by atoms with van der Waals surface area (Å²) in [6, 6.07) is 4.86. The van der Waals surface area contributed by atoms with Gasteiger partial charge in [-0.2, -0.15) is 0 Å². The van der Waals surface area contributed by atoms with Crippen LogP contribution in [0.4, 0.5) is 10.5 Å². The van der Waals surface area contributed by atoms with Crippen molar-refractivity contribution in [2.45, 2.75) is 25.4 Å². The number of allylic oxidation sites excluding steroid dienone is 1. The fraction of sp³-hybridized carbons (Fsp3) is 0.353. The highest BCUT2D eigenvalue weighted by atomic mass is 16.2. The first-order chi connectivity index (χ1) is 11.5. The Kier molecular flexibility index (Phi) is 3.30. The van der Waals surface area contributed by atoms with Crippen LogP contribution < -0.4 is 15.5 Å². The van der Waals surface area contributed by atoms with Crippen molar-refractivity contribution in [1.29, 1.82) is 0 Å². The molecule has 124 valence electrons. The van der Waals surface area contributed by atoms with Crippen LogP contribution in [0.1, 0.15) is 28.8 Å². The number of anilines is 1. The molecular formula is C17H18N4O3. The van der Waals surface area contributed by atoms with Crippen LogP contribution in [0, 0.1) is 0 Å². The third-order valence-electron chi connectivity index (χ3n) is 4.79. The lowest BCUT2D eigenvalue weighted by molar-refractivity contribution is -0.126. The van der Waals surface area contributed by atoms with E-state index in [9.17, 15) is 14.4 Å². The number of carbonyl (C=O) groups is 3. The fourth-order valence-corrected chi connectivity index (χ4v) is 3.51. The number of carbonyl (C=O) groups excluding carboxylic acids is 3. The number of rotatable bonds is 2. The molecule has 2 N–H and O–H groups in total. The number of nitrogens with one attached hydrogen (secondary N) is 2. The van der Waals surface area contributed by atoms with E-state index in [0.717, 1.165) is 5.56 Å². The summed E-state index contributed by atoms with van der Waals surface area (Å²) >= 11 is 0. The molecule has 7 nitrogen and oxygen atoms in total. The lowest BCUT2D eigenvalue weighted by Crippen LogP contribution is -2.49. The van der Waals surface area contributed by atoms with Gasteiger partial charge in [0.2, 0.25) is 5.91 Å². The van der Waals surface area contributed by atoms with Crippen molar-refractivity contribution in [3.8, 4) is 0 Å². The van der Waals surface area contributed by atoms with E-state index < -0.39 is 6.04 Å². The van der Waals surface area contributed by atoms with Gasteiger partial charge in [0, 0.05) is 36.6 Å². The van der Waals surface area contributed by atoms with E-state index in [-0.39, 0.29) is 17.8 Å². The minimum atomic E-state index is -0.464. The summed E-state index contributed by atoms with van der Waals surface area (Å²) in [5, 5.41) is 5.47. The normalized spacial score (nSPS) is 23.4. The molecule has 1 atom stereocenters.